The van der Waals surface area contributed by atoms with Crippen molar-refractivity contribution >= 4 is 35.6 Å². The molecule has 0 bridgehead atoms. The minimum Gasteiger partial charge on any atom is -0.493 e. The van der Waals surface area contributed by atoms with Gasteiger partial charge in [-0.25, -0.2) is 9.38 Å². The van der Waals surface area contributed by atoms with Gasteiger partial charge in [-0.2, -0.15) is 0 Å². The molecule has 0 aliphatic rings. The third kappa shape index (κ3) is 6.58. The molecule has 0 aromatic heterocycles. The summed E-state index contributed by atoms with van der Waals surface area (Å²) in [5.74, 6) is 1.75. The highest BCUT2D eigenvalue weighted by Gasteiger charge is 2.06. The number of nitrogens with one attached hydrogen (secondary N) is 1. The van der Waals surface area contributed by atoms with Crippen molar-refractivity contribution in [1.82, 2.24) is 0 Å². The molecule has 8 heteroatoms. The first-order valence-corrected chi connectivity index (χ1v) is 7.73. The Morgan fingerprint density at radius 2 is 1.77 bits per heavy atom. The number of aliphatic imine (C=N–C) groups is 1. The Labute approximate surface area is 169 Å². The molecule has 0 aliphatic carbocycles. The van der Waals surface area contributed by atoms with Crippen LogP contribution in [0.4, 0.5) is 10.1 Å². The number of nitrogens with two attached hydrogens (primary N) is 1. The Balaban J connectivity index is 0.00000338. The molecule has 1 unspecified atom stereocenters. The number of hydrogen-bond donors (Lipinski definition) is 2. The van der Waals surface area contributed by atoms with E-state index in [2.05, 4.69) is 10.3 Å². The Hall–Kier alpha value is -2.23. The smallest absolute Gasteiger partial charge is 0.193 e. The van der Waals surface area contributed by atoms with Gasteiger partial charge in [-0.3, -0.25) is 0 Å². The minimum absolute atomic E-state index is 0. The normalized spacial score (nSPS) is 11.9. The average Bonchev–Trinajstić information content (AvgIpc) is 2.62. The summed E-state index contributed by atoms with van der Waals surface area (Å²) >= 11 is 0. The quantitative estimate of drug-likeness (QED) is 0.363. The van der Waals surface area contributed by atoms with E-state index in [4.69, 9.17) is 19.9 Å². The molecular formula is C18H23FIN3O3. The van der Waals surface area contributed by atoms with Crippen LogP contribution in [0.2, 0.25) is 0 Å². The van der Waals surface area contributed by atoms with E-state index in [-0.39, 0.29) is 41.9 Å². The molecule has 0 heterocycles. The second kappa shape index (κ2) is 10.7. The van der Waals surface area contributed by atoms with Crippen molar-refractivity contribution in [3.8, 4) is 17.2 Å². The number of hydrogen-bond acceptors (Lipinski definition) is 4. The van der Waals surface area contributed by atoms with Gasteiger partial charge in [0.25, 0.3) is 0 Å². The lowest BCUT2D eigenvalue weighted by atomic mass is 10.3. The maximum atomic E-state index is 12.9. The topological polar surface area (TPSA) is 78.1 Å². The number of guanidine groups is 1. The van der Waals surface area contributed by atoms with Crippen LogP contribution in [0.5, 0.6) is 17.2 Å². The summed E-state index contributed by atoms with van der Waals surface area (Å²) in [6.45, 7) is 2.21. The standard InChI is InChI=1S/C18H22FN3O3.HI/c1-12(25-15-7-4-13(19)5-8-15)11-21-18(20)22-14-6-9-16(23-2)17(10-14)24-3;/h4-10,12H,11H2,1-3H3,(H3,20,21,22);1H. The third-order valence-corrected chi connectivity index (χ3v) is 3.33. The zero-order chi connectivity index (χ0) is 18.2. The van der Waals surface area contributed by atoms with Gasteiger partial charge < -0.3 is 25.3 Å². The Bertz CT molecular complexity index is 726. The summed E-state index contributed by atoms with van der Waals surface area (Å²) in [7, 11) is 3.14. The van der Waals surface area contributed by atoms with Crippen LogP contribution in [0.15, 0.2) is 47.5 Å². The number of benzene rings is 2. The number of ether oxygens (including phenoxy) is 3. The molecule has 142 valence electrons. The largest absolute Gasteiger partial charge is 0.493 e. The second-order valence-corrected chi connectivity index (χ2v) is 5.30. The summed E-state index contributed by atoms with van der Waals surface area (Å²) in [6.07, 6.45) is -0.212. The lowest BCUT2D eigenvalue weighted by Crippen LogP contribution is -2.25. The first-order chi connectivity index (χ1) is 12.0. The Morgan fingerprint density at radius 1 is 1.12 bits per heavy atom. The van der Waals surface area contributed by atoms with Crippen LogP contribution in [0.1, 0.15) is 6.92 Å². The fourth-order valence-corrected chi connectivity index (χ4v) is 2.11. The van der Waals surface area contributed by atoms with Gasteiger partial charge in [-0.15, -0.1) is 24.0 Å². The molecule has 0 aliphatic heterocycles. The summed E-state index contributed by atoms with van der Waals surface area (Å²) in [6, 6.07) is 11.2. The van der Waals surface area contributed by atoms with Crippen LogP contribution in [0.3, 0.4) is 0 Å². The third-order valence-electron chi connectivity index (χ3n) is 3.33. The van der Waals surface area contributed by atoms with Gasteiger partial charge in [0, 0.05) is 11.8 Å². The fourth-order valence-electron chi connectivity index (χ4n) is 2.11. The van der Waals surface area contributed by atoms with E-state index in [0.29, 0.717) is 23.8 Å². The molecule has 0 saturated carbocycles. The van der Waals surface area contributed by atoms with Crippen LogP contribution in [0.25, 0.3) is 0 Å². The molecule has 2 rings (SSSR count). The van der Waals surface area contributed by atoms with E-state index in [9.17, 15) is 4.39 Å². The first kappa shape index (κ1) is 21.8. The summed E-state index contributed by atoms with van der Waals surface area (Å²) < 4.78 is 28.9. The molecule has 0 fully saturated rings. The van der Waals surface area contributed by atoms with Crippen molar-refractivity contribution in [3.05, 3.63) is 48.3 Å². The minimum atomic E-state index is -0.304. The van der Waals surface area contributed by atoms with Crippen molar-refractivity contribution in [2.24, 2.45) is 10.7 Å². The highest BCUT2D eigenvalue weighted by atomic mass is 127. The van der Waals surface area contributed by atoms with Gasteiger partial charge in [0.2, 0.25) is 0 Å². The number of methoxy groups -OCH3 is 2. The molecule has 0 spiro atoms. The van der Waals surface area contributed by atoms with E-state index in [0.717, 1.165) is 5.69 Å². The monoisotopic (exact) mass is 475 g/mol. The van der Waals surface area contributed by atoms with Crippen molar-refractivity contribution < 1.29 is 18.6 Å². The van der Waals surface area contributed by atoms with Crippen molar-refractivity contribution in [2.45, 2.75) is 13.0 Å². The molecule has 0 amide bonds. The zero-order valence-electron chi connectivity index (χ0n) is 14.9. The van der Waals surface area contributed by atoms with Gasteiger partial charge in [0.05, 0.1) is 20.8 Å². The van der Waals surface area contributed by atoms with E-state index >= 15 is 0 Å². The molecule has 26 heavy (non-hydrogen) atoms. The maximum Gasteiger partial charge on any atom is 0.193 e. The molecule has 3 N–H and O–H groups in total. The maximum absolute atomic E-state index is 12.9. The van der Waals surface area contributed by atoms with Crippen LogP contribution < -0.4 is 25.3 Å². The van der Waals surface area contributed by atoms with Crippen molar-refractivity contribution in [2.75, 3.05) is 26.1 Å². The fraction of sp³-hybridized carbons (Fsp3) is 0.278. The molecule has 2 aromatic rings. The summed E-state index contributed by atoms with van der Waals surface area (Å²) in [5.41, 5.74) is 6.62. The average molecular weight is 475 g/mol. The van der Waals surface area contributed by atoms with Gasteiger partial charge in [0.15, 0.2) is 17.5 Å². The Morgan fingerprint density at radius 3 is 2.38 bits per heavy atom. The van der Waals surface area contributed by atoms with Crippen molar-refractivity contribution in [3.63, 3.8) is 0 Å². The van der Waals surface area contributed by atoms with E-state index < -0.39 is 0 Å². The van der Waals surface area contributed by atoms with E-state index in [1.807, 2.05) is 13.0 Å². The van der Waals surface area contributed by atoms with Crippen LogP contribution in [0, 0.1) is 5.82 Å². The molecule has 2 aromatic carbocycles. The lowest BCUT2D eigenvalue weighted by Gasteiger charge is -2.14. The number of halogens is 2. The molecule has 1 atom stereocenters. The molecule has 6 nitrogen and oxygen atoms in total. The zero-order valence-corrected chi connectivity index (χ0v) is 17.2. The van der Waals surface area contributed by atoms with Gasteiger partial charge in [-0.1, -0.05) is 0 Å². The van der Waals surface area contributed by atoms with E-state index in [1.54, 1.807) is 38.5 Å². The second-order valence-electron chi connectivity index (χ2n) is 5.30. The molecule has 0 saturated heterocycles. The van der Waals surface area contributed by atoms with Crippen LogP contribution in [-0.4, -0.2) is 32.8 Å². The highest BCUT2D eigenvalue weighted by Crippen LogP contribution is 2.29. The predicted molar refractivity (Wildman–Crippen MR) is 112 cm³/mol. The first-order valence-electron chi connectivity index (χ1n) is 7.73. The SMILES string of the molecule is COc1ccc(NC(N)=NCC(C)Oc2ccc(F)cc2)cc1OC.I. The van der Waals surface area contributed by atoms with Crippen LogP contribution in [-0.2, 0) is 0 Å². The van der Waals surface area contributed by atoms with E-state index in [1.165, 1.54) is 12.1 Å². The highest BCUT2D eigenvalue weighted by molar-refractivity contribution is 14.0. The molecule has 0 radical (unpaired) electrons. The summed E-state index contributed by atoms with van der Waals surface area (Å²) in [5, 5.41) is 2.98. The number of anilines is 1. The molecular weight excluding hydrogens is 452 g/mol. The number of rotatable bonds is 7. The lowest BCUT2D eigenvalue weighted by molar-refractivity contribution is 0.230. The Kier molecular flexibility index (Phi) is 8.97. The van der Waals surface area contributed by atoms with Crippen molar-refractivity contribution in [1.29, 1.82) is 0 Å². The van der Waals surface area contributed by atoms with Gasteiger partial charge in [0.1, 0.15) is 17.7 Å². The van der Waals surface area contributed by atoms with Gasteiger partial charge in [-0.05, 0) is 43.3 Å². The van der Waals surface area contributed by atoms with Crippen LogP contribution >= 0.6 is 24.0 Å². The number of nitrogens with zero attached hydrogens (tertiary/aromatic N) is 1. The predicted octanol–water partition coefficient (Wildman–Crippen LogP) is 3.66. The van der Waals surface area contributed by atoms with Gasteiger partial charge >= 0.3 is 0 Å². The summed E-state index contributed by atoms with van der Waals surface area (Å²) in [4.78, 5) is 4.24.